The van der Waals surface area contributed by atoms with Gasteiger partial charge in [-0.25, -0.2) is 4.39 Å². The zero-order valence-corrected chi connectivity index (χ0v) is 8.53. The van der Waals surface area contributed by atoms with Crippen LogP contribution in [0.25, 0.3) is 0 Å². The Bertz CT molecular complexity index is 397. The first-order chi connectivity index (χ1) is 7.09. The van der Waals surface area contributed by atoms with Gasteiger partial charge in [-0.1, -0.05) is 0 Å². The van der Waals surface area contributed by atoms with E-state index in [1.54, 1.807) is 6.92 Å². The molecule has 1 fully saturated rings. The number of ketones is 1. The first-order valence-electron chi connectivity index (χ1n) is 5.08. The van der Waals surface area contributed by atoms with Crippen molar-refractivity contribution in [2.45, 2.75) is 25.9 Å². The maximum absolute atomic E-state index is 13.0. The summed E-state index contributed by atoms with van der Waals surface area (Å²) < 4.78 is 13.0. The molecular weight excluding hydrogens is 195 g/mol. The Morgan fingerprint density at radius 2 is 2.20 bits per heavy atom. The molecule has 0 saturated heterocycles. The second-order valence-electron chi connectivity index (χ2n) is 4.11. The summed E-state index contributed by atoms with van der Waals surface area (Å²) in [4.78, 5) is 11.7. The molecular formula is C12H13FO2. The lowest BCUT2D eigenvalue weighted by atomic mass is 10.0. The molecule has 2 nitrogen and oxygen atoms in total. The fourth-order valence-electron chi connectivity index (χ4n) is 1.59. The lowest BCUT2D eigenvalue weighted by Gasteiger charge is -2.08. The van der Waals surface area contributed by atoms with Gasteiger partial charge in [0.15, 0.2) is 5.78 Å². The number of rotatable bonds is 3. The number of benzene rings is 1. The smallest absolute Gasteiger partial charge is 0.191 e. The highest BCUT2D eigenvalue weighted by Crippen LogP contribution is 2.34. The van der Waals surface area contributed by atoms with Crippen LogP contribution in [-0.2, 0) is 0 Å². The molecule has 3 heteroatoms. The molecule has 0 bridgehead atoms. The van der Waals surface area contributed by atoms with Gasteiger partial charge in [0.1, 0.15) is 11.9 Å². The number of halogens is 1. The van der Waals surface area contributed by atoms with Gasteiger partial charge in [-0.15, -0.1) is 0 Å². The van der Waals surface area contributed by atoms with E-state index in [-0.39, 0.29) is 17.5 Å². The first-order valence-corrected chi connectivity index (χ1v) is 5.08. The summed E-state index contributed by atoms with van der Waals surface area (Å²) in [5.74, 6) is -0.504. The van der Waals surface area contributed by atoms with Crippen LogP contribution in [0.4, 0.5) is 4.39 Å². The molecule has 1 aromatic carbocycles. The van der Waals surface area contributed by atoms with Crippen molar-refractivity contribution in [3.05, 3.63) is 35.1 Å². The fraction of sp³-hybridized carbons (Fsp3) is 0.417. The van der Waals surface area contributed by atoms with Gasteiger partial charge in [-0.05, 0) is 49.4 Å². The fourth-order valence-corrected chi connectivity index (χ4v) is 1.59. The number of hydrogen-bond acceptors (Lipinski definition) is 2. The second-order valence-corrected chi connectivity index (χ2v) is 4.11. The van der Waals surface area contributed by atoms with Crippen LogP contribution >= 0.6 is 0 Å². The van der Waals surface area contributed by atoms with Gasteiger partial charge in [0.2, 0.25) is 0 Å². The van der Waals surface area contributed by atoms with E-state index >= 15 is 0 Å². The van der Waals surface area contributed by atoms with E-state index in [0.29, 0.717) is 11.1 Å². The molecule has 0 radical (unpaired) electrons. The second kappa shape index (κ2) is 3.74. The van der Waals surface area contributed by atoms with Gasteiger partial charge in [0.25, 0.3) is 0 Å². The number of hydrogen-bond donors (Lipinski definition) is 1. The van der Waals surface area contributed by atoms with E-state index < -0.39 is 6.10 Å². The molecule has 1 saturated carbocycles. The Morgan fingerprint density at radius 3 is 2.73 bits per heavy atom. The van der Waals surface area contributed by atoms with E-state index in [4.69, 9.17) is 0 Å². The zero-order valence-electron chi connectivity index (χ0n) is 8.53. The van der Waals surface area contributed by atoms with Crippen LogP contribution in [0.3, 0.4) is 0 Å². The minimum atomic E-state index is -0.908. The molecule has 1 atom stereocenters. The van der Waals surface area contributed by atoms with E-state index in [2.05, 4.69) is 0 Å². The van der Waals surface area contributed by atoms with Crippen molar-refractivity contribution < 1.29 is 14.3 Å². The van der Waals surface area contributed by atoms with Crippen LogP contribution in [0, 0.1) is 18.7 Å². The molecule has 0 spiro atoms. The molecule has 1 aromatic rings. The largest absolute Gasteiger partial charge is 0.385 e. The van der Waals surface area contributed by atoms with Crippen molar-refractivity contribution in [3.8, 4) is 0 Å². The zero-order chi connectivity index (χ0) is 11.0. The Balaban J connectivity index is 2.21. The quantitative estimate of drug-likeness (QED) is 0.772. The number of aliphatic hydroxyl groups excluding tert-OH is 1. The molecule has 15 heavy (non-hydrogen) atoms. The van der Waals surface area contributed by atoms with E-state index in [0.717, 1.165) is 12.8 Å². The highest BCUT2D eigenvalue weighted by atomic mass is 19.1. The monoisotopic (exact) mass is 208 g/mol. The van der Waals surface area contributed by atoms with Crippen LogP contribution in [0.15, 0.2) is 18.2 Å². The average Bonchev–Trinajstić information content (AvgIpc) is 3.03. The van der Waals surface area contributed by atoms with Crippen molar-refractivity contribution in [1.29, 1.82) is 0 Å². The van der Waals surface area contributed by atoms with Crippen LogP contribution in [0.1, 0.15) is 28.8 Å². The third-order valence-electron chi connectivity index (χ3n) is 2.78. The maximum atomic E-state index is 13.0. The Morgan fingerprint density at radius 1 is 1.53 bits per heavy atom. The summed E-state index contributed by atoms with van der Waals surface area (Å²) in [7, 11) is 0. The van der Waals surface area contributed by atoms with E-state index in [1.807, 2.05) is 0 Å². The number of aryl methyl sites for hydroxylation is 1. The van der Waals surface area contributed by atoms with Gasteiger partial charge in [-0.2, -0.15) is 0 Å². The van der Waals surface area contributed by atoms with Gasteiger partial charge in [0, 0.05) is 5.56 Å². The standard InChI is InChI=1S/C12H13FO2/c1-7-6-9(4-5-10(7)13)12(15)11(14)8-2-3-8/h4-6,8,11,14H,2-3H2,1H3. The first kappa shape index (κ1) is 10.3. The highest BCUT2D eigenvalue weighted by Gasteiger charge is 2.34. The van der Waals surface area contributed by atoms with Crippen LogP contribution < -0.4 is 0 Å². The van der Waals surface area contributed by atoms with Gasteiger partial charge in [0.05, 0.1) is 0 Å². The SMILES string of the molecule is Cc1cc(C(=O)C(O)C2CC2)ccc1F. The summed E-state index contributed by atoms with van der Waals surface area (Å²) in [6.07, 6.45) is 0.912. The van der Waals surface area contributed by atoms with Gasteiger partial charge >= 0.3 is 0 Å². The number of carbonyl (C=O) groups is 1. The molecule has 0 aromatic heterocycles. The van der Waals surface area contributed by atoms with Crippen molar-refractivity contribution in [3.63, 3.8) is 0 Å². The lowest BCUT2D eigenvalue weighted by Crippen LogP contribution is -2.22. The van der Waals surface area contributed by atoms with Crippen LogP contribution in [-0.4, -0.2) is 17.0 Å². The Hall–Kier alpha value is -1.22. The molecule has 2 rings (SSSR count). The average molecular weight is 208 g/mol. The third kappa shape index (κ3) is 2.07. The molecule has 0 amide bonds. The summed E-state index contributed by atoms with van der Waals surface area (Å²) in [5, 5.41) is 9.63. The lowest BCUT2D eigenvalue weighted by molar-refractivity contribution is 0.0704. The van der Waals surface area contributed by atoms with Gasteiger partial charge < -0.3 is 5.11 Å². The number of Topliss-reactive ketones (excluding diaryl/α,β-unsaturated/α-hetero) is 1. The highest BCUT2D eigenvalue weighted by molar-refractivity contribution is 5.99. The summed E-state index contributed by atoms with van der Waals surface area (Å²) in [6.45, 7) is 1.61. The molecule has 1 aliphatic carbocycles. The maximum Gasteiger partial charge on any atom is 0.191 e. The number of carbonyl (C=O) groups excluding carboxylic acids is 1. The topological polar surface area (TPSA) is 37.3 Å². The summed E-state index contributed by atoms with van der Waals surface area (Å²) in [5.41, 5.74) is 0.831. The van der Waals surface area contributed by atoms with Crippen molar-refractivity contribution in [1.82, 2.24) is 0 Å². The van der Waals surface area contributed by atoms with Crippen molar-refractivity contribution in [2.75, 3.05) is 0 Å². The molecule has 0 aliphatic heterocycles. The Labute approximate surface area is 87.7 Å². The van der Waals surface area contributed by atoms with Crippen LogP contribution in [0.2, 0.25) is 0 Å². The minimum absolute atomic E-state index is 0.114. The predicted octanol–water partition coefficient (Wildman–Crippen LogP) is 2.09. The third-order valence-corrected chi connectivity index (χ3v) is 2.78. The molecule has 0 heterocycles. The Kier molecular flexibility index (Phi) is 2.57. The van der Waals surface area contributed by atoms with Gasteiger partial charge in [-0.3, -0.25) is 4.79 Å². The minimum Gasteiger partial charge on any atom is -0.385 e. The summed E-state index contributed by atoms with van der Waals surface area (Å²) >= 11 is 0. The summed E-state index contributed by atoms with van der Waals surface area (Å²) in [6, 6.07) is 4.18. The normalized spacial score (nSPS) is 17.5. The van der Waals surface area contributed by atoms with E-state index in [9.17, 15) is 14.3 Å². The molecule has 1 N–H and O–H groups in total. The number of aliphatic hydroxyl groups is 1. The van der Waals surface area contributed by atoms with Crippen molar-refractivity contribution in [2.24, 2.45) is 5.92 Å². The molecule has 80 valence electrons. The molecule has 1 aliphatic rings. The van der Waals surface area contributed by atoms with E-state index in [1.165, 1.54) is 18.2 Å². The molecule has 1 unspecified atom stereocenters. The van der Waals surface area contributed by atoms with Crippen LogP contribution in [0.5, 0.6) is 0 Å². The van der Waals surface area contributed by atoms with Crippen molar-refractivity contribution >= 4 is 5.78 Å². The predicted molar refractivity (Wildman–Crippen MR) is 54.2 cm³/mol.